The predicted molar refractivity (Wildman–Crippen MR) is 128 cm³/mol. The number of thiazole rings is 1. The lowest BCUT2D eigenvalue weighted by Crippen LogP contribution is -2.56. The number of nitrogens with two attached hydrogens (primary N) is 1. The van der Waals surface area contributed by atoms with Crippen LogP contribution >= 0.6 is 11.3 Å². The fourth-order valence-electron chi connectivity index (χ4n) is 3.66. The van der Waals surface area contributed by atoms with Crippen molar-refractivity contribution in [2.45, 2.75) is 12.5 Å². The van der Waals surface area contributed by atoms with E-state index in [0.717, 1.165) is 22.4 Å². The Morgan fingerprint density at radius 3 is 2.61 bits per heavy atom. The second kappa shape index (κ2) is 8.79. The number of hydrogen-bond acceptors (Lipinski definition) is 7. The second-order valence-corrected chi connectivity index (χ2v) is 8.48. The van der Waals surface area contributed by atoms with E-state index in [4.69, 9.17) is 5.73 Å². The number of amides is 2. The molecule has 1 unspecified atom stereocenters. The Labute approximate surface area is 194 Å². The summed E-state index contributed by atoms with van der Waals surface area (Å²) < 4.78 is 0. The summed E-state index contributed by atoms with van der Waals surface area (Å²) in [4.78, 5) is 39.6. The van der Waals surface area contributed by atoms with Crippen LogP contribution < -0.4 is 11.1 Å². The fraction of sp³-hybridized carbons (Fsp3) is 0.125. The second-order valence-electron chi connectivity index (χ2n) is 7.62. The first kappa shape index (κ1) is 20.8. The highest BCUT2D eigenvalue weighted by Gasteiger charge is 2.38. The molecule has 0 radical (unpaired) electrons. The van der Waals surface area contributed by atoms with E-state index in [0.29, 0.717) is 29.5 Å². The van der Waals surface area contributed by atoms with Gasteiger partial charge in [0.1, 0.15) is 11.9 Å². The topological polar surface area (TPSA) is 114 Å². The summed E-state index contributed by atoms with van der Waals surface area (Å²) >= 11 is 1.35. The standard InChI is InChI=1S/C24H20N6O2S/c25-21-5-4-18(13-27-21)23(32)30-11-8-20(30)22(31)29-24-28-19(14-33-24)17-3-1-2-16(12-17)15-6-9-26-10-7-15/h1-7,9-10,12-14,20H,8,11H2,(H2,25,27)(H,28,29,31). The Morgan fingerprint density at radius 1 is 1.06 bits per heavy atom. The highest BCUT2D eigenvalue weighted by molar-refractivity contribution is 7.14. The van der Waals surface area contributed by atoms with Gasteiger partial charge >= 0.3 is 0 Å². The molecule has 1 aliphatic rings. The fourth-order valence-corrected chi connectivity index (χ4v) is 4.38. The molecule has 0 bridgehead atoms. The van der Waals surface area contributed by atoms with Gasteiger partial charge in [-0.2, -0.15) is 0 Å². The van der Waals surface area contributed by atoms with Gasteiger partial charge in [0.25, 0.3) is 5.91 Å². The van der Waals surface area contributed by atoms with Gasteiger partial charge in [-0.3, -0.25) is 14.6 Å². The van der Waals surface area contributed by atoms with Crippen LogP contribution in [0.25, 0.3) is 22.4 Å². The van der Waals surface area contributed by atoms with Crippen LogP contribution in [0.15, 0.2) is 72.5 Å². The first-order chi connectivity index (χ1) is 16.1. The smallest absolute Gasteiger partial charge is 0.256 e. The third-order valence-electron chi connectivity index (χ3n) is 5.52. The number of carbonyl (C=O) groups excluding carboxylic acids is 2. The molecular formula is C24H20N6O2S. The number of nitrogen functional groups attached to an aromatic ring is 1. The van der Waals surface area contributed by atoms with Gasteiger partial charge < -0.3 is 16.0 Å². The van der Waals surface area contributed by atoms with Crippen LogP contribution in [0.2, 0.25) is 0 Å². The number of aromatic nitrogens is 3. The molecule has 1 fully saturated rings. The third kappa shape index (κ3) is 4.31. The molecule has 33 heavy (non-hydrogen) atoms. The number of pyridine rings is 2. The van der Waals surface area contributed by atoms with E-state index in [9.17, 15) is 9.59 Å². The number of nitrogens with one attached hydrogen (secondary N) is 1. The van der Waals surface area contributed by atoms with Crippen molar-refractivity contribution in [2.75, 3.05) is 17.6 Å². The van der Waals surface area contributed by atoms with Crippen molar-refractivity contribution < 1.29 is 9.59 Å². The summed E-state index contributed by atoms with van der Waals surface area (Å²) in [5, 5.41) is 5.26. The van der Waals surface area contributed by atoms with Crippen molar-refractivity contribution in [3.8, 4) is 22.4 Å². The molecule has 3 aromatic heterocycles. The number of hydrogen-bond donors (Lipinski definition) is 2. The van der Waals surface area contributed by atoms with Gasteiger partial charge in [-0.15, -0.1) is 11.3 Å². The molecule has 1 atom stereocenters. The van der Waals surface area contributed by atoms with Crippen LogP contribution in [0.5, 0.6) is 0 Å². The minimum absolute atomic E-state index is 0.235. The molecule has 0 spiro atoms. The van der Waals surface area contributed by atoms with Gasteiger partial charge in [0.15, 0.2) is 5.13 Å². The molecule has 1 aliphatic heterocycles. The maximum Gasteiger partial charge on any atom is 0.256 e. The molecule has 4 aromatic rings. The van der Waals surface area contributed by atoms with Crippen LogP contribution in [0.4, 0.5) is 10.9 Å². The number of rotatable bonds is 5. The zero-order valence-corrected chi connectivity index (χ0v) is 18.3. The first-order valence-electron chi connectivity index (χ1n) is 10.4. The Morgan fingerprint density at radius 2 is 1.88 bits per heavy atom. The zero-order chi connectivity index (χ0) is 22.8. The quantitative estimate of drug-likeness (QED) is 0.473. The van der Waals surface area contributed by atoms with Crippen LogP contribution in [0.1, 0.15) is 16.8 Å². The Bertz CT molecular complexity index is 1310. The first-order valence-corrected chi connectivity index (χ1v) is 11.3. The molecular weight excluding hydrogens is 436 g/mol. The lowest BCUT2D eigenvalue weighted by atomic mass is 10.0. The molecule has 2 amide bonds. The van der Waals surface area contributed by atoms with Crippen LogP contribution in [-0.4, -0.2) is 44.3 Å². The number of nitrogens with zero attached hydrogens (tertiary/aromatic N) is 4. The summed E-state index contributed by atoms with van der Waals surface area (Å²) in [6.07, 6.45) is 5.55. The van der Waals surface area contributed by atoms with E-state index < -0.39 is 6.04 Å². The van der Waals surface area contributed by atoms with Crippen molar-refractivity contribution in [3.63, 3.8) is 0 Å². The number of benzene rings is 1. The number of likely N-dealkylation sites (tertiary alicyclic amines) is 1. The SMILES string of the molecule is Nc1ccc(C(=O)N2CCC2C(=O)Nc2nc(-c3cccc(-c4ccncc4)c3)cs2)cn1. The van der Waals surface area contributed by atoms with Gasteiger partial charge in [-0.25, -0.2) is 9.97 Å². The van der Waals surface area contributed by atoms with Crippen molar-refractivity contribution in [2.24, 2.45) is 0 Å². The van der Waals surface area contributed by atoms with E-state index in [1.165, 1.54) is 22.4 Å². The minimum Gasteiger partial charge on any atom is -0.384 e. The summed E-state index contributed by atoms with van der Waals surface area (Å²) in [5.74, 6) is -0.138. The monoisotopic (exact) mass is 456 g/mol. The lowest BCUT2D eigenvalue weighted by Gasteiger charge is -2.39. The average molecular weight is 457 g/mol. The third-order valence-corrected chi connectivity index (χ3v) is 6.28. The van der Waals surface area contributed by atoms with Gasteiger partial charge in [-0.1, -0.05) is 18.2 Å². The normalized spacial score (nSPS) is 15.0. The largest absolute Gasteiger partial charge is 0.384 e. The van der Waals surface area contributed by atoms with E-state index in [2.05, 4.69) is 26.3 Å². The lowest BCUT2D eigenvalue weighted by molar-refractivity contribution is -0.123. The molecule has 3 N–H and O–H groups in total. The molecule has 1 saturated heterocycles. The van der Waals surface area contributed by atoms with Crippen molar-refractivity contribution >= 4 is 34.1 Å². The molecule has 0 saturated carbocycles. The van der Waals surface area contributed by atoms with Gasteiger partial charge in [0, 0.05) is 36.1 Å². The summed E-state index contributed by atoms with van der Waals surface area (Å²) in [6, 6.07) is 14.6. The van der Waals surface area contributed by atoms with Crippen molar-refractivity contribution in [1.82, 2.24) is 19.9 Å². The van der Waals surface area contributed by atoms with Crippen molar-refractivity contribution in [3.05, 3.63) is 78.1 Å². The summed E-state index contributed by atoms with van der Waals surface area (Å²) in [7, 11) is 0. The average Bonchev–Trinajstić information content (AvgIpc) is 3.28. The number of carbonyl (C=O) groups is 2. The predicted octanol–water partition coefficient (Wildman–Crippen LogP) is 3.70. The summed E-state index contributed by atoms with van der Waals surface area (Å²) in [6.45, 7) is 0.520. The minimum atomic E-state index is -0.530. The molecule has 1 aromatic carbocycles. The van der Waals surface area contributed by atoms with Gasteiger partial charge in [0.05, 0.1) is 11.3 Å². The highest BCUT2D eigenvalue weighted by Crippen LogP contribution is 2.29. The molecule has 5 rings (SSSR count). The molecule has 0 aliphatic carbocycles. The van der Waals surface area contributed by atoms with Gasteiger partial charge in [0.2, 0.25) is 5.91 Å². The van der Waals surface area contributed by atoms with E-state index in [1.807, 2.05) is 35.7 Å². The van der Waals surface area contributed by atoms with Crippen LogP contribution in [0.3, 0.4) is 0 Å². The Balaban J connectivity index is 1.27. The van der Waals surface area contributed by atoms with Crippen LogP contribution in [-0.2, 0) is 4.79 Å². The number of anilines is 2. The molecule has 8 nitrogen and oxygen atoms in total. The van der Waals surface area contributed by atoms with E-state index in [1.54, 1.807) is 24.5 Å². The maximum atomic E-state index is 12.8. The van der Waals surface area contributed by atoms with Gasteiger partial charge in [-0.05, 0) is 47.9 Å². The Hall–Kier alpha value is -4.11. The zero-order valence-electron chi connectivity index (χ0n) is 17.5. The highest BCUT2D eigenvalue weighted by atomic mass is 32.1. The summed E-state index contributed by atoms with van der Waals surface area (Å²) in [5.41, 5.74) is 9.86. The van der Waals surface area contributed by atoms with Crippen molar-refractivity contribution in [1.29, 1.82) is 0 Å². The maximum absolute atomic E-state index is 12.8. The van der Waals surface area contributed by atoms with E-state index in [-0.39, 0.29) is 11.8 Å². The Kier molecular flexibility index (Phi) is 5.54. The van der Waals surface area contributed by atoms with E-state index >= 15 is 0 Å². The molecule has 9 heteroatoms. The van der Waals surface area contributed by atoms with Crippen LogP contribution in [0, 0.1) is 0 Å². The molecule has 164 valence electrons. The molecule has 4 heterocycles.